The van der Waals surface area contributed by atoms with Gasteiger partial charge in [0.2, 0.25) is 11.7 Å². The SMILES string of the molecule is Clc1ccc(-c2noc([C@@H]3CCCCN3)n2)cc1Cl. The van der Waals surface area contributed by atoms with E-state index in [-0.39, 0.29) is 6.04 Å². The number of aromatic nitrogens is 2. The molecule has 1 saturated heterocycles. The highest BCUT2D eigenvalue weighted by molar-refractivity contribution is 6.42. The Morgan fingerprint density at radius 1 is 1.21 bits per heavy atom. The fraction of sp³-hybridized carbons (Fsp3) is 0.385. The first kappa shape index (κ1) is 12.9. The summed E-state index contributed by atoms with van der Waals surface area (Å²) < 4.78 is 5.33. The molecule has 0 amide bonds. The lowest BCUT2D eigenvalue weighted by Gasteiger charge is -2.19. The van der Waals surface area contributed by atoms with Gasteiger partial charge in [0.25, 0.3) is 0 Å². The van der Waals surface area contributed by atoms with E-state index in [0.29, 0.717) is 21.8 Å². The topological polar surface area (TPSA) is 51.0 Å². The minimum absolute atomic E-state index is 0.165. The maximum Gasteiger partial charge on any atom is 0.244 e. The first-order valence-electron chi connectivity index (χ1n) is 6.26. The lowest BCUT2D eigenvalue weighted by molar-refractivity contribution is 0.297. The Kier molecular flexibility index (Phi) is 3.73. The predicted octanol–water partition coefficient (Wildman–Crippen LogP) is 3.86. The molecule has 0 unspecified atom stereocenters. The zero-order valence-electron chi connectivity index (χ0n) is 10.2. The van der Waals surface area contributed by atoms with Gasteiger partial charge >= 0.3 is 0 Å². The van der Waals surface area contributed by atoms with Crippen molar-refractivity contribution in [3.05, 3.63) is 34.1 Å². The molecule has 0 aliphatic carbocycles. The van der Waals surface area contributed by atoms with Gasteiger partial charge in [-0.15, -0.1) is 0 Å². The van der Waals surface area contributed by atoms with Gasteiger partial charge in [0, 0.05) is 5.56 Å². The zero-order valence-corrected chi connectivity index (χ0v) is 11.7. The smallest absolute Gasteiger partial charge is 0.244 e. The Labute approximate surface area is 121 Å². The third-order valence-electron chi connectivity index (χ3n) is 3.23. The Morgan fingerprint density at radius 2 is 2.11 bits per heavy atom. The number of rotatable bonds is 2. The van der Waals surface area contributed by atoms with Crippen molar-refractivity contribution in [2.45, 2.75) is 25.3 Å². The van der Waals surface area contributed by atoms with Crippen molar-refractivity contribution in [1.29, 1.82) is 0 Å². The van der Waals surface area contributed by atoms with E-state index in [2.05, 4.69) is 15.5 Å². The van der Waals surface area contributed by atoms with Crippen molar-refractivity contribution in [2.24, 2.45) is 0 Å². The molecule has 2 heterocycles. The molecule has 4 nitrogen and oxygen atoms in total. The van der Waals surface area contributed by atoms with Gasteiger partial charge in [-0.2, -0.15) is 4.98 Å². The predicted molar refractivity (Wildman–Crippen MR) is 74.3 cm³/mol. The fourth-order valence-corrected chi connectivity index (χ4v) is 2.49. The van der Waals surface area contributed by atoms with Crippen LogP contribution < -0.4 is 5.32 Å². The van der Waals surface area contributed by atoms with Crippen LogP contribution in [0.1, 0.15) is 31.2 Å². The molecule has 1 aromatic heterocycles. The van der Waals surface area contributed by atoms with Crippen molar-refractivity contribution in [1.82, 2.24) is 15.5 Å². The zero-order chi connectivity index (χ0) is 13.2. The standard InChI is InChI=1S/C13H13Cl2N3O/c14-9-5-4-8(7-10(9)15)12-17-13(19-18-12)11-3-1-2-6-16-11/h4-5,7,11,16H,1-3,6H2/t11-/m0/s1. The summed E-state index contributed by atoms with van der Waals surface area (Å²) in [5.41, 5.74) is 0.806. The molecule has 1 aliphatic rings. The van der Waals surface area contributed by atoms with Crippen LogP contribution in [-0.4, -0.2) is 16.7 Å². The largest absolute Gasteiger partial charge is 0.337 e. The Hall–Kier alpha value is -1.10. The molecule has 1 fully saturated rings. The van der Waals surface area contributed by atoms with Gasteiger partial charge in [-0.05, 0) is 37.6 Å². The van der Waals surface area contributed by atoms with Gasteiger partial charge in [-0.25, -0.2) is 0 Å². The highest BCUT2D eigenvalue weighted by Gasteiger charge is 2.21. The molecule has 0 spiro atoms. The number of nitrogens with zero attached hydrogens (tertiary/aromatic N) is 2. The van der Waals surface area contributed by atoms with E-state index in [1.807, 2.05) is 6.07 Å². The normalized spacial score (nSPS) is 19.6. The lowest BCUT2D eigenvalue weighted by atomic mass is 10.1. The first-order valence-corrected chi connectivity index (χ1v) is 7.02. The molecular formula is C13H13Cl2N3O. The van der Waals surface area contributed by atoms with Crippen LogP contribution in [0.15, 0.2) is 22.7 Å². The molecule has 2 aromatic rings. The molecule has 1 atom stereocenters. The Balaban J connectivity index is 1.85. The molecule has 1 aliphatic heterocycles. The maximum absolute atomic E-state index is 5.99. The van der Waals surface area contributed by atoms with E-state index >= 15 is 0 Å². The third kappa shape index (κ3) is 2.76. The summed E-state index contributed by atoms with van der Waals surface area (Å²) in [6.07, 6.45) is 3.41. The summed E-state index contributed by atoms with van der Waals surface area (Å²) in [7, 11) is 0. The van der Waals surface area contributed by atoms with Crippen LogP contribution in [0.3, 0.4) is 0 Å². The number of piperidine rings is 1. The second-order valence-corrected chi connectivity index (χ2v) is 5.40. The number of nitrogens with one attached hydrogen (secondary N) is 1. The van der Waals surface area contributed by atoms with Gasteiger partial charge in [0.05, 0.1) is 16.1 Å². The number of benzene rings is 1. The first-order chi connectivity index (χ1) is 9.24. The quantitative estimate of drug-likeness (QED) is 0.914. The summed E-state index contributed by atoms with van der Waals surface area (Å²) >= 11 is 11.9. The summed E-state index contributed by atoms with van der Waals surface area (Å²) in [5.74, 6) is 1.18. The van der Waals surface area contributed by atoms with Gasteiger partial charge in [-0.1, -0.05) is 34.8 Å². The van der Waals surface area contributed by atoms with E-state index in [9.17, 15) is 0 Å². The van der Waals surface area contributed by atoms with Crippen LogP contribution >= 0.6 is 23.2 Å². The van der Waals surface area contributed by atoms with Crippen LogP contribution in [0.2, 0.25) is 10.0 Å². The average Bonchev–Trinajstić information content (AvgIpc) is 2.93. The average molecular weight is 298 g/mol. The van der Waals surface area contributed by atoms with Gasteiger partial charge in [0.1, 0.15) is 0 Å². The second-order valence-electron chi connectivity index (χ2n) is 4.59. The summed E-state index contributed by atoms with van der Waals surface area (Å²) in [5, 5.41) is 8.39. The van der Waals surface area contributed by atoms with Crippen LogP contribution in [0.5, 0.6) is 0 Å². The minimum Gasteiger partial charge on any atom is -0.337 e. The molecule has 19 heavy (non-hydrogen) atoms. The summed E-state index contributed by atoms with van der Waals surface area (Å²) in [6.45, 7) is 0.995. The minimum atomic E-state index is 0.165. The van der Waals surface area contributed by atoms with Crippen molar-refractivity contribution in [3.8, 4) is 11.4 Å². The van der Waals surface area contributed by atoms with Crippen LogP contribution in [0, 0.1) is 0 Å². The Morgan fingerprint density at radius 3 is 2.84 bits per heavy atom. The highest BCUT2D eigenvalue weighted by atomic mass is 35.5. The highest BCUT2D eigenvalue weighted by Crippen LogP contribution is 2.28. The lowest BCUT2D eigenvalue weighted by Crippen LogP contribution is -2.26. The van der Waals surface area contributed by atoms with Gasteiger partial charge < -0.3 is 9.84 Å². The molecular weight excluding hydrogens is 285 g/mol. The molecule has 3 rings (SSSR count). The fourth-order valence-electron chi connectivity index (χ4n) is 2.19. The molecule has 0 bridgehead atoms. The molecule has 0 radical (unpaired) electrons. The van der Waals surface area contributed by atoms with E-state index in [1.54, 1.807) is 12.1 Å². The van der Waals surface area contributed by atoms with E-state index in [0.717, 1.165) is 18.5 Å². The van der Waals surface area contributed by atoms with Gasteiger partial charge in [0.15, 0.2) is 0 Å². The van der Waals surface area contributed by atoms with Crippen molar-refractivity contribution < 1.29 is 4.52 Å². The molecule has 1 N–H and O–H groups in total. The van der Waals surface area contributed by atoms with Crippen molar-refractivity contribution in [3.63, 3.8) is 0 Å². The third-order valence-corrected chi connectivity index (χ3v) is 3.97. The van der Waals surface area contributed by atoms with Gasteiger partial charge in [-0.3, -0.25) is 0 Å². The van der Waals surface area contributed by atoms with E-state index < -0.39 is 0 Å². The number of hydrogen-bond acceptors (Lipinski definition) is 4. The Bertz CT molecular complexity index is 579. The summed E-state index contributed by atoms with van der Waals surface area (Å²) in [4.78, 5) is 4.43. The number of hydrogen-bond donors (Lipinski definition) is 1. The second kappa shape index (κ2) is 5.49. The van der Waals surface area contributed by atoms with Crippen LogP contribution in [0.4, 0.5) is 0 Å². The van der Waals surface area contributed by atoms with Crippen LogP contribution in [0.25, 0.3) is 11.4 Å². The van der Waals surface area contributed by atoms with Crippen molar-refractivity contribution in [2.75, 3.05) is 6.54 Å². The van der Waals surface area contributed by atoms with E-state index in [4.69, 9.17) is 27.7 Å². The molecule has 100 valence electrons. The molecule has 1 aromatic carbocycles. The summed E-state index contributed by atoms with van der Waals surface area (Å²) in [6, 6.07) is 5.47. The maximum atomic E-state index is 5.99. The van der Waals surface area contributed by atoms with E-state index in [1.165, 1.54) is 12.8 Å². The van der Waals surface area contributed by atoms with Crippen LogP contribution in [-0.2, 0) is 0 Å². The number of halogens is 2. The van der Waals surface area contributed by atoms with Crippen molar-refractivity contribution >= 4 is 23.2 Å². The molecule has 6 heteroatoms. The monoisotopic (exact) mass is 297 g/mol. The molecule has 0 saturated carbocycles.